The molecule has 1 aromatic carbocycles. The highest BCUT2D eigenvalue weighted by atomic mass is 35.5. The zero-order valence-electron chi connectivity index (χ0n) is 13.2. The van der Waals surface area contributed by atoms with E-state index in [9.17, 15) is 12.8 Å². The van der Waals surface area contributed by atoms with Crippen molar-refractivity contribution in [1.29, 1.82) is 0 Å². The molecule has 3 heterocycles. The van der Waals surface area contributed by atoms with E-state index < -0.39 is 15.8 Å². The van der Waals surface area contributed by atoms with Crippen molar-refractivity contribution in [2.45, 2.75) is 44.2 Å². The smallest absolute Gasteiger partial charge is 0.281 e. The Balaban J connectivity index is 1.89. The van der Waals surface area contributed by atoms with Crippen LogP contribution in [0.25, 0.3) is 0 Å². The fraction of sp³-hybridized carbons (Fsp3) is 0.438. The summed E-state index contributed by atoms with van der Waals surface area (Å²) in [5.74, 6) is 0.399. The minimum Gasteiger partial charge on any atom is -0.318 e. The first-order valence-corrected chi connectivity index (χ1v) is 9.77. The number of rotatable bonds is 2. The molecule has 128 valence electrons. The van der Waals surface area contributed by atoms with E-state index in [1.54, 1.807) is 11.5 Å². The third-order valence-electron chi connectivity index (χ3n) is 4.85. The van der Waals surface area contributed by atoms with Gasteiger partial charge in [-0.15, -0.1) is 0 Å². The third-order valence-corrected chi connectivity index (χ3v) is 6.94. The minimum absolute atomic E-state index is 0.137. The number of sulfonamides is 1. The molecule has 0 radical (unpaired) electrons. The molecule has 0 saturated heterocycles. The number of benzene rings is 1. The number of fused-ring (bicyclic) bond motifs is 2. The van der Waals surface area contributed by atoms with E-state index in [1.165, 1.54) is 16.6 Å². The molecule has 0 fully saturated rings. The molecule has 2 aliphatic rings. The first-order chi connectivity index (χ1) is 11.4. The van der Waals surface area contributed by atoms with Crippen molar-refractivity contribution in [1.82, 2.24) is 9.55 Å². The minimum atomic E-state index is -3.78. The molecule has 0 saturated carbocycles. The number of aromatic nitrogens is 2. The molecule has 0 atom stereocenters. The van der Waals surface area contributed by atoms with Crippen LogP contribution >= 0.6 is 11.6 Å². The van der Waals surface area contributed by atoms with E-state index in [0.717, 1.165) is 18.7 Å². The quantitative estimate of drug-likeness (QED) is 0.817. The molecule has 5 nitrogen and oxygen atoms in total. The van der Waals surface area contributed by atoms with E-state index in [2.05, 4.69) is 4.98 Å². The summed E-state index contributed by atoms with van der Waals surface area (Å²) in [5.41, 5.74) is 1.55. The maximum Gasteiger partial charge on any atom is 0.281 e. The van der Waals surface area contributed by atoms with E-state index in [1.807, 2.05) is 0 Å². The van der Waals surface area contributed by atoms with E-state index in [0.29, 0.717) is 42.7 Å². The number of imidazole rings is 1. The van der Waals surface area contributed by atoms with Crippen molar-refractivity contribution in [2.75, 3.05) is 10.8 Å². The third kappa shape index (κ3) is 2.18. The highest BCUT2D eigenvalue weighted by Gasteiger charge is 2.35. The fourth-order valence-electron chi connectivity index (χ4n) is 3.63. The van der Waals surface area contributed by atoms with Gasteiger partial charge in [-0.2, -0.15) is 8.42 Å². The first kappa shape index (κ1) is 15.9. The molecule has 0 aliphatic carbocycles. The molecule has 1 aromatic heterocycles. The van der Waals surface area contributed by atoms with Gasteiger partial charge < -0.3 is 4.57 Å². The predicted octanol–water partition coefficient (Wildman–Crippen LogP) is 3.07. The van der Waals surface area contributed by atoms with Gasteiger partial charge in [0.2, 0.25) is 0 Å². The van der Waals surface area contributed by atoms with Crippen LogP contribution in [0.5, 0.6) is 0 Å². The number of nitrogens with zero attached hydrogens (tertiary/aromatic N) is 3. The van der Waals surface area contributed by atoms with Gasteiger partial charge in [0.15, 0.2) is 5.03 Å². The van der Waals surface area contributed by atoms with Crippen LogP contribution in [-0.4, -0.2) is 24.5 Å². The van der Waals surface area contributed by atoms with Crippen LogP contribution in [-0.2, 0) is 29.4 Å². The van der Waals surface area contributed by atoms with Gasteiger partial charge >= 0.3 is 0 Å². The maximum atomic E-state index is 14.0. The molecule has 0 bridgehead atoms. The summed E-state index contributed by atoms with van der Waals surface area (Å²) in [6.07, 6.45) is 4.36. The summed E-state index contributed by atoms with van der Waals surface area (Å²) >= 11 is 6.23. The lowest BCUT2D eigenvalue weighted by atomic mass is 9.98. The lowest BCUT2D eigenvalue weighted by Gasteiger charge is -2.32. The van der Waals surface area contributed by atoms with E-state index in [-0.39, 0.29) is 10.0 Å². The van der Waals surface area contributed by atoms with Gasteiger partial charge in [-0.1, -0.05) is 11.6 Å². The molecular weight excluding hydrogens is 353 g/mol. The highest BCUT2D eigenvalue weighted by Crippen LogP contribution is 2.40. The molecule has 0 N–H and O–H groups in total. The average molecular weight is 370 g/mol. The normalized spacial score (nSPS) is 17.0. The Morgan fingerprint density at radius 1 is 1.25 bits per heavy atom. The van der Waals surface area contributed by atoms with Crippen LogP contribution in [0.3, 0.4) is 0 Å². The zero-order valence-corrected chi connectivity index (χ0v) is 14.8. The number of hydrogen-bond donors (Lipinski definition) is 0. The molecule has 0 unspecified atom stereocenters. The topological polar surface area (TPSA) is 55.2 Å². The van der Waals surface area contributed by atoms with Gasteiger partial charge in [-0.05, 0) is 43.4 Å². The largest absolute Gasteiger partial charge is 0.318 e. The van der Waals surface area contributed by atoms with Crippen LogP contribution in [0.1, 0.15) is 29.8 Å². The standard InChI is InChI=1S/C16H17ClFN3O2S/c1-10-11-4-2-7-21(16(11)12(17)8-13(10)18)24(22,23)15-9-19-14-5-3-6-20(14)15/h8-9H,2-7H2,1H3. The summed E-state index contributed by atoms with van der Waals surface area (Å²) < 4.78 is 43.5. The molecule has 2 aromatic rings. The van der Waals surface area contributed by atoms with Gasteiger partial charge in [0.1, 0.15) is 11.6 Å². The highest BCUT2D eigenvalue weighted by molar-refractivity contribution is 7.92. The molecule has 4 rings (SSSR count). The Bertz CT molecular complexity index is 939. The fourth-order valence-corrected chi connectivity index (χ4v) is 5.70. The first-order valence-electron chi connectivity index (χ1n) is 7.96. The van der Waals surface area contributed by atoms with Gasteiger partial charge in [0, 0.05) is 19.5 Å². The van der Waals surface area contributed by atoms with Crippen LogP contribution in [0.4, 0.5) is 10.1 Å². The predicted molar refractivity (Wildman–Crippen MR) is 89.5 cm³/mol. The van der Waals surface area contributed by atoms with Crippen molar-refractivity contribution >= 4 is 27.3 Å². The summed E-state index contributed by atoms with van der Waals surface area (Å²) in [7, 11) is -3.78. The van der Waals surface area contributed by atoms with Crippen LogP contribution in [0, 0.1) is 12.7 Å². The Kier molecular flexibility index (Phi) is 3.61. The number of anilines is 1. The van der Waals surface area contributed by atoms with E-state index in [4.69, 9.17) is 11.6 Å². The molecule has 0 amide bonds. The summed E-state index contributed by atoms with van der Waals surface area (Å²) in [4.78, 5) is 4.23. The molecule has 24 heavy (non-hydrogen) atoms. The Morgan fingerprint density at radius 2 is 2.00 bits per heavy atom. The maximum absolute atomic E-state index is 14.0. The Labute approximate surface area is 145 Å². The lowest BCUT2D eigenvalue weighted by Crippen LogP contribution is -2.37. The average Bonchev–Trinajstić information content (AvgIpc) is 3.15. The second-order valence-electron chi connectivity index (χ2n) is 6.24. The number of hydrogen-bond acceptors (Lipinski definition) is 3. The summed E-state index contributed by atoms with van der Waals surface area (Å²) in [6.45, 7) is 2.65. The second kappa shape index (κ2) is 5.46. The Hall–Kier alpha value is -1.60. The van der Waals surface area contributed by atoms with Crippen molar-refractivity contribution in [3.63, 3.8) is 0 Å². The van der Waals surface area contributed by atoms with E-state index >= 15 is 0 Å². The SMILES string of the molecule is Cc1c(F)cc(Cl)c2c1CCCN2S(=O)(=O)c1cnc2n1CCC2. The summed E-state index contributed by atoms with van der Waals surface area (Å²) in [5, 5.41) is 0.332. The van der Waals surface area contributed by atoms with Crippen LogP contribution < -0.4 is 4.31 Å². The summed E-state index contributed by atoms with van der Waals surface area (Å²) in [6, 6.07) is 1.20. The Morgan fingerprint density at radius 3 is 2.79 bits per heavy atom. The van der Waals surface area contributed by atoms with Crippen molar-refractivity contribution in [2.24, 2.45) is 0 Å². The van der Waals surface area contributed by atoms with Crippen LogP contribution in [0.2, 0.25) is 5.02 Å². The molecular formula is C16H17ClFN3O2S. The number of halogens is 2. The second-order valence-corrected chi connectivity index (χ2v) is 8.46. The van der Waals surface area contributed by atoms with Crippen molar-refractivity contribution in [3.05, 3.63) is 40.1 Å². The van der Waals surface area contributed by atoms with Crippen LogP contribution in [0.15, 0.2) is 17.3 Å². The lowest BCUT2D eigenvalue weighted by molar-refractivity contribution is 0.568. The van der Waals surface area contributed by atoms with Gasteiger partial charge in [-0.25, -0.2) is 9.37 Å². The van der Waals surface area contributed by atoms with Gasteiger partial charge in [-0.3, -0.25) is 4.31 Å². The van der Waals surface area contributed by atoms with Gasteiger partial charge in [0.25, 0.3) is 10.0 Å². The molecule has 2 aliphatic heterocycles. The van der Waals surface area contributed by atoms with Crippen molar-refractivity contribution < 1.29 is 12.8 Å². The molecule has 0 spiro atoms. The van der Waals surface area contributed by atoms with Crippen molar-refractivity contribution in [3.8, 4) is 0 Å². The molecule has 8 heteroatoms. The zero-order chi connectivity index (χ0) is 17.1. The van der Waals surface area contributed by atoms with Gasteiger partial charge in [0.05, 0.1) is 16.9 Å². The monoisotopic (exact) mass is 369 g/mol. The number of aryl methyl sites for hydroxylation is 1.